The van der Waals surface area contributed by atoms with Gasteiger partial charge < -0.3 is 15.3 Å². The first kappa shape index (κ1) is 15.3. The van der Waals surface area contributed by atoms with Crippen LogP contribution in [0.3, 0.4) is 0 Å². The molecule has 2 rings (SSSR count). The topological polar surface area (TPSA) is 69.6 Å². The van der Waals surface area contributed by atoms with Gasteiger partial charge in [-0.2, -0.15) is 0 Å². The number of rotatable bonds is 7. The van der Waals surface area contributed by atoms with Gasteiger partial charge in [0.25, 0.3) is 0 Å². The summed E-state index contributed by atoms with van der Waals surface area (Å²) in [4.78, 5) is 24.6. The fraction of sp³-hybridized carbons (Fsp3) is 0.867. The second-order valence-corrected chi connectivity index (χ2v) is 6.29. The predicted octanol–water partition coefficient (Wildman–Crippen LogP) is 1.62. The molecule has 1 amide bonds. The zero-order valence-corrected chi connectivity index (χ0v) is 12.3. The molecule has 20 heavy (non-hydrogen) atoms. The number of unbranched alkanes of at least 4 members (excludes halogenated alkanes) is 1. The van der Waals surface area contributed by atoms with Crippen LogP contribution in [-0.4, -0.2) is 47.6 Å². The summed E-state index contributed by atoms with van der Waals surface area (Å²) >= 11 is 0. The maximum atomic E-state index is 11.7. The van der Waals surface area contributed by atoms with Crippen molar-refractivity contribution in [3.63, 3.8) is 0 Å². The normalized spacial score (nSPS) is 29.4. The van der Waals surface area contributed by atoms with Crippen molar-refractivity contribution in [2.24, 2.45) is 5.92 Å². The lowest BCUT2D eigenvalue weighted by Gasteiger charge is -2.36. The molecule has 2 aliphatic heterocycles. The molecule has 114 valence electrons. The Bertz CT molecular complexity index is 345. The molecule has 2 heterocycles. The van der Waals surface area contributed by atoms with E-state index in [0.717, 1.165) is 6.54 Å². The molecule has 5 heteroatoms. The lowest BCUT2D eigenvalue weighted by molar-refractivity contribution is -0.137. The number of carboxylic acid groups (broad SMARTS) is 1. The minimum atomic E-state index is -0.785. The summed E-state index contributed by atoms with van der Waals surface area (Å²) in [6.45, 7) is 0.790. The number of fused-ring (bicyclic) bond motifs is 2. The molecule has 0 aromatic rings. The number of carboxylic acids is 1. The van der Waals surface area contributed by atoms with Crippen LogP contribution < -0.4 is 5.32 Å². The quantitative estimate of drug-likeness (QED) is 0.696. The van der Waals surface area contributed by atoms with Gasteiger partial charge in [0, 0.05) is 31.5 Å². The first-order valence-electron chi connectivity index (χ1n) is 7.76. The molecular formula is C15H26N2O3. The van der Waals surface area contributed by atoms with Crippen LogP contribution in [0.15, 0.2) is 0 Å². The van der Waals surface area contributed by atoms with Gasteiger partial charge in [0.05, 0.1) is 0 Å². The van der Waals surface area contributed by atoms with Crippen molar-refractivity contribution < 1.29 is 14.7 Å². The summed E-state index contributed by atoms with van der Waals surface area (Å²) in [5.74, 6) is -0.0967. The number of carbonyl (C=O) groups is 2. The number of nitrogens with zero attached hydrogens (tertiary/aromatic N) is 1. The fourth-order valence-corrected chi connectivity index (χ4v) is 3.60. The largest absolute Gasteiger partial charge is 0.481 e. The molecule has 0 aromatic carbocycles. The van der Waals surface area contributed by atoms with Crippen molar-refractivity contribution in [3.05, 3.63) is 0 Å². The molecule has 2 fully saturated rings. The fourth-order valence-electron chi connectivity index (χ4n) is 3.60. The minimum absolute atomic E-state index is 0.0710. The van der Waals surface area contributed by atoms with Crippen LogP contribution in [0, 0.1) is 5.92 Å². The van der Waals surface area contributed by atoms with Gasteiger partial charge in [-0.15, -0.1) is 0 Å². The van der Waals surface area contributed by atoms with E-state index in [9.17, 15) is 9.59 Å². The van der Waals surface area contributed by atoms with Gasteiger partial charge in [0.15, 0.2) is 0 Å². The van der Waals surface area contributed by atoms with E-state index >= 15 is 0 Å². The molecule has 2 aliphatic rings. The molecule has 2 N–H and O–H groups in total. The minimum Gasteiger partial charge on any atom is -0.481 e. The molecule has 2 saturated heterocycles. The van der Waals surface area contributed by atoms with Crippen LogP contribution in [0.2, 0.25) is 0 Å². The molecule has 5 nitrogen and oxygen atoms in total. The molecule has 0 aliphatic carbocycles. The highest BCUT2D eigenvalue weighted by atomic mass is 16.4. The highest BCUT2D eigenvalue weighted by Gasteiger charge is 2.38. The maximum Gasteiger partial charge on any atom is 0.303 e. The summed E-state index contributed by atoms with van der Waals surface area (Å²) in [7, 11) is 2.22. The Balaban J connectivity index is 1.58. The van der Waals surface area contributed by atoms with Crippen molar-refractivity contribution in [3.8, 4) is 0 Å². The molecule has 2 unspecified atom stereocenters. The Morgan fingerprint density at radius 2 is 1.75 bits per heavy atom. The first-order chi connectivity index (χ1) is 9.56. The SMILES string of the molecule is CN1C2CCC1CC(CNC(=O)CCCCC(=O)O)C2. The van der Waals surface area contributed by atoms with Crippen LogP contribution in [0.4, 0.5) is 0 Å². The van der Waals surface area contributed by atoms with E-state index in [4.69, 9.17) is 5.11 Å². The van der Waals surface area contributed by atoms with Crippen molar-refractivity contribution in [2.75, 3.05) is 13.6 Å². The van der Waals surface area contributed by atoms with E-state index < -0.39 is 5.97 Å². The van der Waals surface area contributed by atoms with Crippen molar-refractivity contribution >= 4 is 11.9 Å². The molecular weight excluding hydrogens is 256 g/mol. The number of nitrogens with one attached hydrogen (secondary N) is 1. The molecule has 0 saturated carbocycles. The van der Waals surface area contributed by atoms with Gasteiger partial charge in [-0.1, -0.05) is 0 Å². The number of carbonyl (C=O) groups excluding carboxylic acids is 1. The number of amides is 1. The molecule has 2 bridgehead atoms. The Morgan fingerprint density at radius 1 is 1.15 bits per heavy atom. The van der Waals surface area contributed by atoms with Gasteiger partial charge in [-0.25, -0.2) is 0 Å². The summed E-state index contributed by atoms with van der Waals surface area (Å²) < 4.78 is 0. The number of hydrogen-bond donors (Lipinski definition) is 2. The summed E-state index contributed by atoms with van der Waals surface area (Å²) in [5, 5.41) is 11.5. The summed E-state index contributed by atoms with van der Waals surface area (Å²) in [6.07, 6.45) is 6.87. The first-order valence-corrected chi connectivity index (χ1v) is 7.76. The van der Waals surface area contributed by atoms with Gasteiger partial charge >= 0.3 is 5.97 Å². The lowest BCUT2D eigenvalue weighted by Crippen LogP contribution is -2.43. The van der Waals surface area contributed by atoms with Crippen molar-refractivity contribution in [1.82, 2.24) is 10.2 Å². The number of piperidine rings is 1. The third-order valence-electron chi connectivity index (χ3n) is 4.83. The summed E-state index contributed by atoms with van der Waals surface area (Å²) in [6, 6.07) is 1.43. The predicted molar refractivity (Wildman–Crippen MR) is 76.4 cm³/mol. The summed E-state index contributed by atoms with van der Waals surface area (Å²) in [5.41, 5.74) is 0. The highest BCUT2D eigenvalue weighted by molar-refractivity contribution is 5.75. The third-order valence-corrected chi connectivity index (χ3v) is 4.83. The highest BCUT2D eigenvalue weighted by Crippen LogP contribution is 2.36. The van der Waals surface area contributed by atoms with Gasteiger partial charge in [0.2, 0.25) is 5.91 Å². The van der Waals surface area contributed by atoms with Crippen LogP contribution in [-0.2, 0) is 9.59 Å². The van der Waals surface area contributed by atoms with E-state index in [1.54, 1.807) is 0 Å². The standard InChI is InChI=1S/C15H26N2O3/c1-17-12-6-7-13(17)9-11(8-12)10-16-14(18)4-2-3-5-15(19)20/h11-13H,2-10H2,1H3,(H,16,18)(H,19,20). The van der Waals surface area contributed by atoms with Gasteiger partial charge in [-0.05, 0) is 51.5 Å². The molecule has 0 spiro atoms. The second kappa shape index (κ2) is 7.07. The van der Waals surface area contributed by atoms with E-state index in [1.165, 1.54) is 25.7 Å². The Hall–Kier alpha value is -1.10. The monoisotopic (exact) mass is 282 g/mol. The smallest absolute Gasteiger partial charge is 0.303 e. The maximum absolute atomic E-state index is 11.7. The average molecular weight is 282 g/mol. The van der Waals surface area contributed by atoms with Gasteiger partial charge in [-0.3, -0.25) is 9.59 Å². The van der Waals surface area contributed by atoms with Crippen LogP contribution >= 0.6 is 0 Å². The van der Waals surface area contributed by atoms with E-state index in [-0.39, 0.29) is 12.3 Å². The Morgan fingerprint density at radius 3 is 2.35 bits per heavy atom. The zero-order chi connectivity index (χ0) is 14.5. The average Bonchev–Trinajstić information content (AvgIpc) is 2.64. The second-order valence-electron chi connectivity index (χ2n) is 6.29. The molecule has 2 atom stereocenters. The Kier molecular flexibility index (Phi) is 5.40. The number of aliphatic carboxylic acids is 1. The zero-order valence-electron chi connectivity index (χ0n) is 12.3. The number of hydrogen-bond acceptors (Lipinski definition) is 3. The lowest BCUT2D eigenvalue weighted by atomic mass is 9.91. The van der Waals surface area contributed by atoms with Crippen molar-refractivity contribution in [1.29, 1.82) is 0 Å². The van der Waals surface area contributed by atoms with E-state index in [1.807, 2.05) is 0 Å². The van der Waals surface area contributed by atoms with Crippen LogP contribution in [0.5, 0.6) is 0 Å². The molecule has 0 radical (unpaired) electrons. The van der Waals surface area contributed by atoms with Crippen LogP contribution in [0.1, 0.15) is 51.4 Å². The molecule has 0 aromatic heterocycles. The van der Waals surface area contributed by atoms with Crippen LogP contribution in [0.25, 0.3) is 0 Å². The van der Waals surface area contributed by atoms with Gasteiger partial charge in [0.1, 0.15) is 0 Å². The van der Waals surface area contributed by atoms with E-state index in [2.05, 4.69) is 17.3 Å². The third kappa shape index (κ3) is 4.20. The van der Waals surface area contributed by atoms with E-state index in [0.29, 0.717) is 37.3 Å². The van der Waals surface area contributed by atoms with Crippen molar-refractivity contribution in [2.45, 2.75) is 63.5 Å². The Labute approximate surface area is 120 Å².